The minimum atomic E-state index is -0.446. The van der Waals surface area contributed by atoms with Gasteiger partial charge in [0.2, 0.25) is 0 Å². The fraction of sp³-hybridized carbons (Fsp3) is 0.273. The number of nitrogens with zero attached hydrogens (tertiary/aromatic N) is 1. The molecule has 4 nitrogen and oxygen atoms in total. The molecule has 3 rings (SSSR count). The van der Waals surface area contributed by atoms with Gasteiger partial charge in [-0.2, -0.15) is 0 Å². The quantitative estimate of drug-likeness (QED) is 0.635. The number of rotatable bonds is 9. The van der Waals surface area contributed by atoms with Crippen LogP contribution in [-0.2, 0) is 19.5 Å². The molecular weight excluding hydrogens is 326 g/mol. The van der Waals surface area contributed by atoms with Crippen LogP contribution in [0, 0.1) is 0 Å². The van der Waals surface area contributed by atoms with Crippen molar-refractivity contribution in [2.24, 2.45) is 0 Å². The molecule has 1 heterocycles. The zero-order valence-electron chi connectivity index (χ0n) is 15.0. The molecule has 0 saturated heterocycles. The normalized spacial score (nSPS) is 12.3. The van der Waals surface area contributed by atoms with Gasteiger partial charge in [-0.15, -0.1) is 0 Å². The fourth-order valence-corrected chi connectivity index (χ4v) is 3.09. The van der Waals surface area contributed by atoms with Crippen molar-refractivity contribution in [1.29, 1.82) is 0 Å². The lowest BCUT2D eigenvalue weighted by Gasteiger charge is -2.24. The highest BCUT2D eigenvalue weighted by molar-refractivity contribution is 5.28. The smallest absolute Gasteiger partial charge is 0.119 e. The Morgan fingerprint density at radius 1 is 0.962 bits per heavy atom. The van der Waals surface area contributed by atoms with E-state index < -0.39 is 6.10 Å². The minimum absolute atomic E-state index is 0.446. The first-order valence-corrected chi connectivity index (χ1v) is 8.82. The standard InChI is InChI=1S/C22H25NO3/c1-25-21-10-5-9-19(14-21)15-23(17-22-11-6-12-26-22)16-20(24)13-18-7-3-2-4-8-18/h2-12,14,20,24H,13,15-17H2,1H3. The summed E-state index contributed by atoms with van der Waals surface area (Å²) in [5.41, 5.74) is 2.28. The maximum Gasteiger partial charge on any atom is 0.119 e. The molecule has 0 aliphatic carbocycles. The summed E-state index contributed by atoms with van der Waals surface area (Å²) in [6.45, 7) is 1.92. The van der Waals surface area contributed by atoms with E-state index in [1.165, 1.54) is 0 Å². The van der Waals surface area contributed by atoms with Crippen LogP contribution in [0.15, 0.2) is 77.4 Å². The maximum atomic E-state index is 10.6. The first-order valence-electron chi connectivity index (χ1n) is 8.82. The van der Waals surface area contributed by atoms with Crippen molar-refractivity contribution in [3.05, 3.63) is 89.9 Å². The number of ether oxygens (including phenoxy) is 1. The predicted octanol–water partition coefficient (Wildman–Crippen LogP) is 3.89. The predicted molar refractivity (Wildman–Crippen MR) is 102 cm³/mol. The number of hydrogen-bond donors (Lipinski definition) is 1. The van der Waals surface area contributed by atoms with Gasteiger partial charge in [-0.25, -0.2) is 0 Å². The second kappa shape index (κ2) is 9.22. The van der Waals surface area contributed by atoms with Crippen molar-refractivity contribution < 1.29 is 14.3 Å². The molecule has 1 N–H and O–H groups in total. The highest BCUT2D eigenvalue weighted by atomic mass is 16.5. The second-order valence-corrected chi connectivity index (χ2v) is 6.44. The lowest BCUT2D eigenvalue weighted by molar-refractivity contribution is 0.100. The molecule has 0 aliphatic heterocycles. The summed E-state index contributed by atoms with van der Waals surface area (Å²) in [4.78, 5) is 2.20. The molecular formula is C22H25NO3. The van der Waals surface area contributed by atoms with Gasteiger partial charge in [0.15, 0.2) is 0 Å². The summed E-state index contributed by atoms with van der Waals surface area (Å²) < 4.78 is 10.8. The lowest BCUT2D eigenvalue weighted by Crippen LogP contribution is -2.32. The van der Waals surface area contributed by atoms with Gasteiger partial charge in [-0.1, -0.05) is 42.5 Å². The molecule has 136 valence electrons. The van der Waals surface area contributed by atoms with E-state index >= 15 is 0 Å². The third-order valence-corrected chi connectivity index (χ3v) is 4.28. The van der Waals surface area contributed by atoms with E-state index in [2.05, 4.69) is 11.0 Å². The largest absolute Gasteiger partial charge is 0.497 e. The van der Waals surface area contributed by atoms with Gasteiger partial charge in [0, 0.05) is 13.1 Å². The highest BCUT2D eigenvalue weighted by Gasteiger charge is 2.15. The molecule has 0 radical (unpaired) electrons. The highest BCUT2D eigenvalue weighted by Crippen LogP contribution is 2.17. The molecule has 0 aliphatic rings. The minimum Gasteiger partial charge on any atom is -0.497 e. The van der Waals surface area contributed by atoms with Crippen LogP contribution in [0.1, 0.15) is 16.9 Å². The van der Waals surface area contributed by atoms with Gasteiger partial charge in [0.25, 0.3) is 0 Å². The van der Waals surface area contributed by atoms with Crippen LogP contribution >= 0.6 is 0 Å². The average molecular weight is 351 g/mol. The van der Waals surface area contributed by atoms with Gasteiger partial charge in [0.05, 0.1) is 26.0 Å². The number of hydrogen-bond acceptors (Lipinski definition) is 4. The Bertz CT molecular complexity index is 771. The molecule has 1 aromatic heterocycles. The third-order valence-electron chi connectivity index (χ3n) is 4.28. The number of benzene rings is 2. The van der Waals surface area contributed by atoms with E-state index in [4.69, 9.17) is 9.15 Å². The third kappa shape index (κ3) is 5.48. The first kappa shape index (κ1) is 18.2. The molecule has 3 aromatic rings. The molecule has 0 saturated carbocycles. The molecule has 26 heavy (non-hydrogen) atoms. The number of aliphatic hydroxyl groups excluding tert-OH is 1. The molecule has 1 atom stereocenters. The van der Waals surface area contributed by atoms with Crippen LogP contribution in [0.25, 0.3) is 0 Å². The molecule has 0 bridgehead atoms. The van der Waals surface area contributed by atoms with Gasteiger partial charge in [0.1, 0.15) is 11.5 Å². The van der Waals surface area contributed by atoms with Crippen LogP contribution < -0.4 is 4.74 Å². The van der Waals surface area contributed by atoms with Crippen LogP contribution in [0.5, 0.6) is 5.75 Å². The summed E-state index contributed by atoms with van der Waals surface area (Å²) in [5, 5.41) is 10.6. The van der Waals surface area contributed by atoms with Gasteiger partial charge >= 0.3 is 0 Å². The Hall–Kier alpha value is -2.56. The zero-order chi connectivity index (χ0) is 18.2. The first-order chi connectivity index (χ1) is 12.7. The topological polar surface area (TPSA) is 45.8 Å². The summed E-state index contributed by atoms with van der Waals surface area (Å²) in [7, 11) is 1.67. The van der Waals surface area contributed by atoms with Gasteiger partial charge < -0.3 is 14.3 Å². The zero-order valence-corrected chi connectivity index (χ0v) is 15.0. The summed E-state index contributed by atoms with van der Waals surface area (Å²) in [6.07, 6.45) is 1.87. The number of aliphatic hydroxyl groups is 1. The number of methoxy groups -OCH3 is 1. The molecule has 2 aromatic carbocycles. The number of furan rings is 1. The molecule has 1 unspecified atom stereocenters. The van der Waals surface area contributed by atoms with E-state index in [1.807, 2.05) is 60.7 Å². The van der Waals surface area contributed by atoms with Crippen molar-refractivity contribution in [3.63, 3.8) is 0 Å². The Labute approximate surface area is 154 Å². The summed E-state index contributed by atoms with van der Waals surface area (Å²) in [5.74, 6) is 1.73. The Morgan fingerprint density at radius 3 is 2.50 bits per heavy atom. The maximum absolute atomic E-state index is 10.6. The van der Waals surface area contributed by atoms with Gasteiger partial charge in [-0.3, -0.25) is 4.90 Å². The molecule has 0 fully saturated rings. The van der Waals surface area contributed by atoms with Crippen molar-refractivity contribution in [2.75, 3.05) is 13.7 Å². The lowest BCUT2D eigenvalue weighted by atomic mass is 10.1. The second-order valence-electron chi connectivity index (χ2n) is 6.44. The Balaban J connectivity index is 1.68. The van der Waals surface area contributed by atoms with Crippen molar-refractivity contribution in [2.45, 2.75) is 25.6 Å². The molecule has 4 heteroatoms. The van der Waals surface area contributed by atoms with Crippen molar-refractivity contribution in [3.8, 4) is 5.75 Å². The van der Waals surface area contributed by atoms with Crippen molar-refractivity contribution in [1.82, 2.24) is 4.90 Å². The fourth-order valence-electron chi connectivity index (χ4n) is 3.09. The van der Waals surface area contributed by atoms with E-state index in [9.17, 15) is 5.11 Å². The van der Waals surface area contributed by atoms with E-state index in [-0.39, 0.29) is 0 Å². The molecule has 0 amide bonds. The van der Waals surface area contributed by atoms with E-state index in [0.29, 0.717) is 26.1 Å². The van der Waals surface area contributed by atoms with Crippen molar-refractivity contribution >= 4 is 0 Å². The monoisotopic (exact) mass is 351 g/mol. The molecule has 0 spiro atoms. The van der Waals surface area contributed by atoms with Crippen LogP contribution in [0.3, 0.4) is 0 Å². The van der Waals surface area contributed by atoms with E-state index in [1.54, 1.807) is 13.4 Å². The van der Waals surface area contributed by atoms with Crippen LogP contribution in [-0.4, -0.2) is 29.8 Å². The summed E-state index contributed by atoms with van der Waals surface area (Å²) in [6, 6.07) is 21.9. The van der Waals surface area contributed by atoms with Crippen LogP contribution in [0.4, 0.5) is 0 Å². The SMILES string of the molecule is COc1cccc(CN(Cc2ccco2)CC(O)Cc2ccccc2)c1. The Kier molecular flexibility index (Phi) is 6.47. The average Bonchev–Trinajstić information content (AvgIpc) is 3.15. The van der Waals surface area contributed by atoms with Gasteiger partial charge in [-0.05, 0) is 41.8 Å². The Morgan fingerprint density at radius 2 is 1.77 bits per heavy atom. The van der Waals surface area contributed by atoms with Crippen LogP contribution in [0.2, 0.25) is 0 Å². The van der Waals surface area contributed by atoms with E-state index in [0.717, 1.165) is 22.6 Å². The summed E-state index contributed by atoms with van der Waals surface area (Å²) >= 11 is 0.